The van der Waals surface area contributed by atoms with Gasteiger partial charge in [0.2, 0.25) is 0 Å². The van der Waals surface area contributed by atoms with Gasteiger partial charge in [0.05, 0.1) is 0 Å². The van der Waals surface area contributed by atoms with Gasteiger partial charge in [0, 0.05) is 16.4 Å². The minimum Gasteiger partial charge on any atom is -0.445 e. The van der Waals surface area contributed by atoms with Crippen molar-refractivity contribution in [2.75, 3.05) is 6.54 Å². The monoisotopic (exact) mass is 361 g/mol. The van der Waals surface area contributed by atoms with Crippen molar-refractivity contribution in [2.45, 2.75) is 25.9 Å². The molecule has 22 heavy (non-hydrogen) atoms. The van der Waals surface area contributed by atoms with Crippen molar-refractivity contribution < 1.29 is 9.53 Å². The fraction of sp³-hybridized carbons (Fsp3) is 0.278. The third kappa shape index (κ3) is 4.88. The maximum Gasteiger partial charge on any atom is 0.407 e. The van der Waals surface area contributed by atoms with E-state index in [9.17, 15) is 4.79 Å². The molecule has 0 spiro atoms. The van der Waals surface area contributed by atoms with Crippen molar-refractivity contribution in [3.05, 3.63) is 70.2 Å². The second-order valence-corrected chi connectivity index (χ2v) is 6.73. The van der Waals surface area contributed by atoms with Crippen molar-refractivity contribution in [1.82, 2.24) is 5.32 Å². The van der Waals surface area contributed by atoms with Gasteiger partial charge < -0.3 is 10.1 Å². The zero-order chi connectivity index (χ0) is 16.0. The molecule has 0 aromatic heterocycles. The molecule has 116 valence electrons. The Morgan fingerprint density at radius 1 is 1.14 bits per heavy atom. The van der Waals surface area contributed by atoms with Crippen LogP contribution in [0, 0.1) is 0 Å². The lowest BCUT2D eigenvalue weighted by Crippen LogP contribution is -2.36. The Kier molecular flexibility index (Phi) is 5.61. The lowest BCUT2D eigenvalue weighted by atomic mass is 9.85. The lowest BCUT2D eigenvalue weighted by Gasteiger charge is -2.25. The van der Waals surface area contributed by atoms with E-state index in [0.717, 1.165) is 15.6 Å². The minimum absolute atomic E-state index is 0.171. The molecule has 0 aliphatic rings. The number of hydrogen-bond donors (Lipinski definition) is 1. The second-order valence-electron chi connectivity index (χ2n) is 5.81. The van der Waals surface area contributed by atoms with Crippen LogP contribution in [0.5, 0.6) is 0 Å². The Balaban J connectivity index is 1.85. The Morgan fingerprint density at radius 3 is 2.55 bits per heavy atom. The first-order valence-electron chi connectivity index (χ1n) is 7.18. The Labute approximate surface area is 139 Å². The van der Waals surface area contributed by atoms with Crippen molar-refractivity contribution in [1.29, 1.82) is 0 Å². The highest BCUT2D eigenvalue weighted by Gasteiger charge is 2.21. The normalized spacial score (nSPS) is 11.0. The highest BCUT2D eigenvalue weighted by Crippen LogP contribution is 2.25. The molecule has 0 unspecified atom stereocenters. The van der Waals surface area contributed by atoms with E-state index in [0.29, 0.717) is 6.54 Å². The van der Waals surface area contributed by atoms with Crippen LogP contribution < -0.4 is 5.32 Å². The summed E-state index contributed by atoms with van der Waals surface area (Å²) in [6.45, 7) is 4.97. The first kappa shape index (κ1) is 16.6. The fourth-order valence-corrected chi connectivity index (χ4v) is 2.48. The molecule has 1 N–H and O–H groups in total. The van der Waals surface area contributed by atoms with E-state index in [2.05, 4.69) is 47.2 Å². The summed E-state index contributed by atoms with van der Waals surface area (Å²) in [5.41, 5.74) is 1.96. The van der Waals surface area contributed by atoms with Crippen molar-refractivity contribution >= 4 is 22.0 Å². The summed E-state index contributed by atoms with van der Waals surface area (Å²) < 4.78 is 6.26. The predicted molar refractivity (Wildman–Crippen MR) is 91.8 cm³/mol. The number of rotatable bonds is 5. The summed E-state index contributed by atoms with van der Waals surface area (Å²) in [4.78, 5) is 11.8. The number of alkyl carbamates (subject to hydrolysis) is 1. The molecule has 2 rings (SSSR count). The summed E-state index contributed by atoms with van der Waals surface area (Å²) in [5, 5.41) is 2.83. The third-order valence-electron chi connectivity index (χ3n) is 3.49. The Morgan fingerprint density at radius 2 is 1.86 bits per heavy atom. The number of hydrogen-bond acceptors (Lipinski definition) is 2. The molecule has 1 amide bonds. The molecule has 2 aromatic rings. The summed E-state index contributed by atoms with van der Waals surface area (Å²) in [5.74, 6) is 0. The number of ether oxygens (including phenoxy) is 1. The quantitative estimate of drug-likeness (QED) is 0.841. The maximum absolute atomic E-state index is 11.8. The fourth-order valence-electron chi connectivity index (χ4n) is 2.08. The van der Waals surface area contributed by atoms with Crippen LogP contribution in [0.1, 0.15) is 25.0 Å². The Hall–Kier alpha value is -1.81. The smallest absolute Gasteiger partial charge is 0.407 e. The first-order valence-corrected chi connectivity index (χ1v) is 7.97. The van der Waals surface area contributed by atoms with Crippen molar-refractivity contribution in [2.24, 2.45) is 0 Å². The maximum atomic E-state index is 11.8. The minimum atomic E-state index is -0.396. The highest BCUT2D eigenvalue weighted by molar-refractivity contribution is 9.10. The molecule has 3 nitrogen and oxygen atoms in total. The van der Waals surface area contributed by atoms with Crippen LogP contribution in [0.2, 0.25) is 0 Å². The molecule has 0 fully saturated rings. The van der Waals surface area contributed by atoms with Crippen LogP contribution in [0.4, 0.5) is 4.79 Å². The molecular weight excluding hydrogens is 342 g/mol. The van der Waals surface area contributed by atoms with Crippen LogP contribution in [0.15, 0.2) is 59.1 Å². The summed E-state index contributed by atoms with van der Waals surface area (Å²) in [7, 11) is 0. The highest BCUT2D eigenvalue weighted by atomic mass is 79.9. The van der Waals surface area contributed by atoms with Gasteiger partial charge in [-0.25, -0.2) is 4.79 Å². The molecule has 0 aliphatic heterocycles. The molecule has 0 saturated carbocycles. The van der Waals surface area contributed by atoms with E-state index in [1.54, 1.807) is 0 Å². The molecule has 0 aliphatic carbocycles. The summed E-state index contributed by atoms with van der Waals surface area (Å²) >= 11 is 3.47. The summed E-state index contributed by atoms with van der Waals surface area (Å²) in [6, 6.07) is 17.7. The zero-order valence-corrected chi connectivity index (χ0v) is 14.4. The Bertz CT molecular complexity index is 626. The molecule has 0 bridgehead atoms. The average Bonchev–Trinajstić information content (AvgIpc) is 2.52. The van der Waals surface area contributed by atoms with Gasteiger partial charge in [0.25, 0.3) is 0 Å². The topological polar surface area (TPSA) is 38.3 Å². The van der Waals surface area contributed by atoms with E-state index >= 15 is 0 Å². The van der Waals surface area contributed by atoms with Gasteiger partial charge in [-0.2, -0.15) is 0 Å². The molecule has 0 atom stereocenters. The molecule has 2 aromatic carbocycles. The molecular formula is C18H20BrNO2. The van der Waals surface area contributed by atoms with E-state index in [-0.39, 0.29) is 12.0 Å². The summed E-state index contributed by atoms with van der Waals surface area (Å²) in [6.07, 6.45) is -0.396. The molecule has 4 heteroatoms. The molecule has 0 saturated heterocycles. The molecule has 0 heterocycles. The number of benzene rings is 2. The third-order valence-corrected chi connectivity index (χ3v) is 3.99. The average molecular weight is 362 g/mol. The van der Waals surface area contributed by atoms with Crippen LogP contribution in [0.3, 0.4) is 0 Å². The van der Waals surface area contributed by atoms with Gasteiger partial charge in [0.1, 0.15) is 6.61 Å². The zero-order valence-electron chi connectivity index (χ0n) is 12.8. The van der Waals surface area contributed by atoms with Gasteiger partial charge in [0.15, 0.2) is 0 Å². The van der Waals surface area contributed by atoms with Crippen LogP contribution >= 0.6 is 15.9 Å². The SMILES string of the molecule is CC(C)(CNC(=O)OCc1ccccc1)c1cccc(Br)c1. The second kappa shape index (κ2) is 7.45. The molecule has 0 radical (unpaired) electrons. The number of halogens is 1. The van der Waals surface area contributed by atoms with Gasteiger partial charge in [-0.15, -0.1) is 0 Å². The van der Waals surface area contributed by atoms with Crippen molar-refractivity contribution in [3.8, 4) is 0 Å². The van der Waals surface area contributed by atoms with E-state index in [1.165, 1.54) is 0 Å². The van der Waals surface area contributed by atoms with E-state index in [4.69, 9.17) is 4.74 Å². The lowest BCUT2D eigenvalue weighted by molar-refractivity contribution is 0.137. The standard InChI is InChI=1S/C18H20BrNO2/c1-18(2,15-9-6-10-16(19)11-15)13-20-17(21)22-12-14-7-4-3-5-8-14/h3-11H,12-13H2,1-2H3,(H,20,21). The van der Waals surface area contributed by atoms with Crippen LogP contribution in [0.25, 0.3) is 0 Å². The number of carbonyl (C=O) groups excluding carboxylic acids is 1. The largest absolute Gasteiger partial charge is 0.445 e. The van der Waals surface area contributed by atoms with Gasteiger partial charge in [-0.1, -0.05) is 72.2 Å². The first-order chi connectivity index (χ1) is 10.5. The van der Waals surface area contributed by atoms with Crippen molar-refractivity contribution in [3.63, 3.8) is 0 Å². The van der Waals surface area contributed by atoms with E-state index in [1.807, 2.05) is 42.5 Å². The van der Waals surface area contributed by atoms with E-state index < -0.39 is 6.09 Å². The predicted octanol–water partition coefficient (Wildman–Crippen LogP) is 4.65. The number of amides is 1. The van der Waals surface area contributed by atoms with Gasteiger partial charge in [-0.3, -0.25) is 0 Å². The van der Waals surface area contributed by atoms with Crippen LogP contribution in [-0.4, -0.2) is 12.6 Å². The van der Waals surface area contributed by atoms with Crippen LogP contribution in [-0.2, 0) is 16.8 Å². The van der Waals surface area contributed by atoms with Gasteiger partial charge in [-0.05, 0) is 23.3 Å². The number of nitrogens with one attached hydrogen (secondary N) is 1. The number of carbonyl (C=O) groups is 1. The van der Waals surface area contributed by atoms with Gasteiger partial charge >= 0.3 is 6.09 Å².